The van der Waals surface area contributed by atoms with Crippen LogP contribution in [-0.2, 0) is 17.7 Å². The molecule has 2 saturated heterocycles. The second-order valence-corrected chi connectivity index (χ2v) is 14.2. The van der Waals surface area contributed by atoms with E-state index in [0.717, 1.165) is 29.3 Å². The first kappa shape index (κ1) is 44.0. The molecule has 2 aromatic heterocycles. The Balaban J connectivity index is 0.00000217. The Morgan fingerprint density at radius 2 is 1.67 bits per heavy atom. The number of nitriles is 1. The number of anilines is 1. The molecule has 3 aromatic rings. The second-order valence-electron chi connectivity index (χ2n) is 13.9. The lowest BCUT2D eigenvalue weighted by Gasteiger charge is -2.58. The first-order valence-corrected chi connectivity index (χ1v) is 18.3. The molecule has 0 aliphatic carbocycles. The van der Waals surface area contributed by atoms with Crippen LogP contribution in [0, 0.1) is 25.2 Å². The third-order valence-electron chi connectivity index (χ3n) is 9.70. The van der Waals surface area contributed by atoms with Crippen molar-refractivity contribution in [2.75, 3.05) is 25.1 Å². The average Bonchev–Trinajstić information content (AvgIpc) is 3.40. The van der Waals surface area contributed by atoms with Crippen LogP contribution in [0.5, 0.6) is 0 Å². The average molecular weight is 799 g/mol. The molecule has 0 spiro atoms. The fourth-order valence-electron chi connectivity index (χ4n) is 6.96. The molecule has 55 heavy (non-hydrogen) atoms. The number of rotatable bonds is 9. The quantitative estimate of drug-likeness (QED) is 0.107. The maximum absolute atomic E-state index is 12.9. The van der Waals surface area contributed by atoms with Crippen molar-refractivity contribution in [3.8, 4) is 6.07 Å². The molecule has 0 saturated carbocycles. The Hall–Kier alpha value is -3.68. The van der Waals surface area contributed by atoms with Crippen LogP contribution in [0.2, 0.25) is 0 Å². The summed E-state index contributed by atoms with van der Waals surface area (Å²) in [5, 5.41) is 97.8. The standard InChI is InChI=1S/C33H43F3N8O8.CH3OP/c1-18(13-29(34,35)36)11-26-21(4)38-17-39-28(26)40-23-7-9-42(10-8-23)16-22-5-6-27-25(20(22)3)12-24(14-37)43(27)15-19(2)44-32(49,50)30(45,46)41-31(47,48)33(44,51)52;1-3-2/h5-6,11-12,17,19,23,41,45-52H,7-10,13,15-16H2,1-4H3,(H,38,39,40);1H3/b18-11+;. The number of alkyl halides is 3. The molecule has 0 bridgehead atoms. The lowest BCUT2D eigenvalue weighted by atomic mass is 10.0. The summed E-state index contributed by atoms with van der Waals surface area (Å²) in [7, 11) is 0.167. The number of aromatic nitrogens is 3. The number of hydrogen-bond acceptors (Lipinski definition) is 16. The van der Waals surface area contributed by atoms with Gasteiger partial charge >= 0.3 is 18.0 Å². The highest BCUT2D eigenvalue weighted by atomic mass is 31.1. The lowest BCUT2D eigenvalue weighted by molar-refractivity contribution is -0.569. The molecule has 302 valence electrons. The number of likely N-dealkylation sites (tertiary alicyclic amines) is 1. The zero-order valence-corrected chi connectivity index (χ0v) is 31.6. The number of piperidine rings is 1. The number of piperazine rings is 1. The first-order chi connectivity index (χ1) is 25.4. The number of fused-ring (bicyclic) bond motifs is 1. The van der Waals surface area contributed by atoms with Crippen LogP contribution in [0.1, 0.15) is 61.2 Å². The maximum atomic E-state index is 12.9. The Bertz CT molecular complexity index is 1910. The lowest BCUT2D eigenvalue weighted by Crippen LogP contribution is -2.90. The topological polar surface area (TPSA) is 264 Å². The molecule has 1 aromatic carbocycles. The molecule has 4 heterocycles. The molecule has 21 heteroatoms. The van der Waals surface area contributed by atoms with Crippen molar-refractivity contribution in [3.63, 3.8) is 0 Å². The summed E-state index contributed by atoms with van der Waals surface area (Å²) in [5.41, 5.74) is 3.65. The minimum atomic E-state index is -4.32. The monoisotopic (exact) mass is 798 g/mol. The Kier molecular flexibility index (Phi) is 13.2. The van der Waals surface area contributed by atoms with Crippen LogP contribution in [0.25, 0.3) is 17.0 Å². The van der Waals surface area contributed by atoms with Gasteiger partial charge in [0.05, 0.1) is 12.1 Å². The molecule has 2 aliphatic heterocycles. The smallest absolute Gasteiger partial charge is 0.367 e. The minimum Gasteiger partial charge on any atom is -0.367 e. The largest absolute Gasteiger partial charge is 0.392 e. The molecule has 1 atom stereocenters. The molecule has 5 rings (SSSR count). The van der Waals surface area contributed by atoms with Crippen molar-refractivity contribution in [3.05, 3.63) is 58.2 Å². The number of aliphatic hydroxyl groups is 8. The van der Waals surface area contributed by atoms with E-state index in [2.05, 4.69) is 26.3 Å². The highest BCUT2D eigenvalue weighted by Gasteiger charge is 2.73. The van der Waals surface area contributed by atoms with Crippen LogP contribution < -0.4 is 10.6 Å². The van der Waals surface area contributed by atoms with Crippen LogP contribution in [0.4, 0.5) is 19.0 Å². The third kappa shape index (κ3) is 9.31. The van der Waals surface area contributed by atoms with E-state index in [4.69, 9.17) is 4.57 Å². The van der Waals surface area contributed by atoms with E-state index in [0.29, 0.717) is 47.6 Å². The summed E-state index contributed by atoms with van der Waals surface area (Å²) in [6.45, 7) is 9.36. The van der Waals surface area contributed by atoms with E-state index in [1.807, 2.05) is 13.0 Å². The molecule has 0 amide bonds. The number of nitrogens with one attached hydrogen (secondary N) is 2. The van der Waals surface area contributed by atoms with E-state index in [1.54, 1.807) is 25.7 Å². The summed E-state index contributed by atoms with van der Waals surface area (Å²) in [6.07, 6.45) is -1.05. The van der Waals surface area contributed by atoms with Gasteiger partial charge in [-0.15, -0.1) is 0 Å². The van der Waals surface area contributed by atoms with Crippen molar-refractivity contribution in [2.45, 2.75) is 102 Å². The first-order valence-electron chi connectivity index (χ1n) is 17.1. The molecule has 0 radical (unpaired) electrons. The molecular formula is C34H46F3N8O9P. The Labute approximate surface area is 315 Å². The van der Waals surface area contributed by atoms with Gasteiger partial charge in [-0.25, -0.2) is 15.3 Å². The predicted molar refractivity (Wildman–Crippen MR) is 191 cm³/mol. The Morgan fingerprint density at radius 3 is 2.22 bits per heavy atom. The normalized spacial score (nSPS) is 20.8. The molecule has 10 N–H and O–H groups in total. The van der Waals surface area contributed by atoms with Crippen LogP contribution in [0.3, 0.4) is 0 Å². The van der Waals surface area contributed by atoms with Gasteiger partial charge in [-0.05, 0) is 63.8 Å². The third-order valence-corrected chi connectivity index (χ3v) is 9.70. The number of hydrogen-bond donors (Lipinski definition) is 10. The van der Waals surface area contributed by atoms with Gasteiger partial charge in [0.2, 0.25) is 0 Å². The SMILES string of the molecule is C/C(=C\c1c(C)ncnc1NC1CCN(Cc2ccc3c(cc(C#N)n3CC(C)N3C(O)(O)C(O)(O)NC(O)(O)C3(O)O)c2C)CC1)CC(F)(F)F.CP=O. The highest BCUT2D eigenvalue weighted by Crippen LogP contribution is 2.39. The van der Waals surface area contributed by atoms with E-state index in [9.17, 15) is 59.3 Å². The second kappa shape index (κ2) is 16.4. The van der Waals surface area contributed by atoms with E-state index in [-0.39, 0.29) is 37.2 Å². The van der Waals surface area contributed by atoms with Crippen LogP contribution >= 0.6 is 8.46 Å². The summed E-state index contributed by atoms with van der Waals surface area (Å²) in [4.78, 5) is 10.6. The van der Waals surface area contributed by atoms with Crippen LogP contribution in [-0.4, -0.2) is 127 Å². The van der Waals surface area contributed by atoms with Gasteiger partial charge in [-0.3, -0.25) is 9.46 Å². The fraction of sp³-hybridized carbons (Fsp3) is 0.559. The molecule has 1 unspecified atom stereocenters. The fourth-order valence-corrected chi connectivity index (χ4v) is 6.96. The number of halogens is 3. The van der Waals surface area contributed by atoms with Crippen molar-refractivity contribution in [2.24, 2.45) is 0 Å². The molecule has 2 fully saturated rings. The van der Waals surface area contributed by atoms with Gasteiger partial charge in [0, 0.05) is 61.4 Å². The summed E-state index contributed by atoms with van der Waals surface area (Å²) < 4.78 is 49.2. The molecular weight excluding hydrogens is 752 g/mol. The molecule has 17 nitrogen and oxygen atoms in total. The number of nitrogens with zero attached hydrogens (tertiary/aromatic N) is 6. The van der Waals surface area contributed by atoms with E-state index < -0.39 is 42.3 Å². The van der Waals surface area contributed by atoms with Gasteiger partial charge in [0.25, 0.3) is 11.8 Å². The zero-order chi connectivity index (χ0) is 41.3. The summed E-state index contributed by atoms with van der Waals surface area (Å²) in [5.74, 6) is -14.9. The number of aryl methyl sites for hydroxylation is 2. The van der Waals surface area contributed by atoms with Gasteiger partial charge in [-0.2, -0.15) is 23.3 Å². The minimum absolute atomic E-state index is 0.0194. The van der Waals surface area contributed by atoms with Crippen molar-refractivity contribution >= 4 is 31.3 Å². The van der Waals surface area contributed by atoms with Crippen molar-refractivity contribution < 1.29 is 58.6 Å². The van der Waals surface area contributed by atoms with E-state index >= 15 is 0 Å². The van der Waals surface area contributed by atoms with Gasteiger partial charge in [-0.1, -0.05) is 17.7 Å². The number of allylic oxidation sites excluding steroid dienone is 1. The zero-order valence-electron chi connectivity index (χ0n) is 30.7. The summed E-state index contributed by atoms with van der Waals surface area (Å²) >= 11 is 0. The molecule has 2 aliphatic rings. The van der Waals surface area contributed by atoms with Crippen LogP contribution in [0.15, 0.2) is 30.1 Å². The van der Waals surface area contributed by atoms with Crippen molar-refractivity contribution in [1.29, 1.82) is 5.26 Å². The Morgan fingerprint density at radius 1 is 1.09 bits per heavy atom. The predicted octanol–water partition coefficient (Wildman–Crippen LogP) is 1.11. The highest BCUT2D eigenvalue weighted by molar-refractivity contribution is 7.22. The maximum Gasteiger partial charge on any atom is 0.392 e. The van der Waals surface area contributed by atoms with Crippen molar-refractivity contribution in [1.82, 2.24) is 29.7 Å². The van der Waals surface area contributed by atoms with Gasteiger partial charge in [0.1, 0.15) is 23.9 Å². The van der Waals surface area contributed by atoms with E-state index in [1.165, 1.54) is 30.8 Å². The summed E-state index contributed by atoms with van der Waals surface area (Å²) in [6, 6.07) is 5.81. The van der Waals surface area contributed by atoms with Gasteiger partial charge in [0.15, 0.2) is 8.46 Å². The van der Waals surface area contributed by atoms with Gasteiger partial charge < -0.3 is 50.7 Å². The number of benzene rings is 1.